The van der Waals surface area contributed by atoms with Gasteiger partial charge in [-0.15, -0.1) is 11.3 Å². The predicted molar refractivity (Wildman–Crippen MR) is 129 cm³/mol. The summed E-state index contributed by atoms with van der Waals surface area (Å²) in [6.45, 7) is 7.02. The fourth-order valence-corrected chi connectivity index (χ4v) is 4.65. The molecule has 0 amide bonds. The van der Waals surface area contributed by atoms with E-state index in [1.165, 1.54) is 17.0 Å². The topological polar surface area (TPSA) is 93.0 Å². The van der Waals surface area contributed by atoms with Crippen LogP contribution < -0.4 is 10.9 Å². The van der Waals surface area contributed by atoms with E-state index >= 15 is 0 Å². The highest BCUT2D eigenvalue weighted by molar-refractivity contribution is 7.15. The van der Waals surface area contributed by atoms with E-state index in [-0.39, 0.29) is 11.1 Å². The van der Waals surface area contributed by atoms with E-state index in [4.69, 9.17) is 4.98 Å². The second-order valence-corrected chi connectivity index (χ2v) is 9.74. The number of hydrazine groups is 1. The van der Waals surface area contributed by atoms with Crippen LogP contribution in [-0.4, -0.2) is 14.9 Å². The number of nitrogens with zero attached hydrogens (tertiary/aromatic N) is 3. The molecule has 0 radical (unpaired) electrons. The van der Waals surface area contributed by atoms with Crippen LogP contribution in [0.2, 0.25) is 0 Å². The lowest BCUT2D eigenvalue weighted by Gasteiger charge is -2.17. The lowest BCUT2D eigenvalue weighted by atomic mass is 9.90. The number of aromatic nitrogens is 2. The zero-order valence-electron chi connectivity index (χ0n) is 18.3. The van der Waals surface area contributed by atoms with Gasteiger partial charge in [0.2, 0.25) is 0 Å². The average Bonchev–Trinajstić information content (AvgIpc) is 3.17. The van der Waals surface area contributed by atoms with Crippen molar-refractivity contribution in [2.24, 2.45) is 0 Å². The Morgan fingerprint density at radius 1 is 1.06 bits per heavy atom. The highest BCUT2D eigenvalue weighted by Crippen LogP contribution is 2.33. The number of non-ortho nitro benzene ring substituents is 1. The van der Waals surface area contributed by atoms with Crippen molar-refractivity contribution in [3.63, 3.8) is 0 Å². The van der Waals surface area contributed by atoms with Gasteiger partial charge in [0.1, 0.15) is 0 Å². The number of hydrogen-bond donors (Lipinski definition) is 2. The van der Waals surface area contributed by atoms with Gasteiger partial charge in [0.25, 0.3) is 5.69 Å². The third kappa shape index (κ3) is 5.09. The Hall–Kier alpha value is -3.36. The molecule has 0 aliphatic rings. The van der Waals surface area contributed by atoms with Crippen LogP contribution in [0.3, 0.4) is 0 Å². The van der Waals surface area contributed by atoms with Gasteiger partial charge in [0.15, 0.2) is 5.13 Å². The molecule has 0 spiro atoms. The third-order valence-electron chi connectivity index (χ3n) is 5.05. The first-order valence-corrected chi connectivity index (χ1v) is 11.2. The number of nitrogens with one attached hydrogen (secondary N) is 2. The minimum absolute atomic E-state index is 0.0873. The molecule has 0 unspecified atom stereocenters. The Kier molecular flexibility index (Phi) is 6.16. The molecule has 0 aliphatic carbocycles. The maximum absolute atomic E-state index is 10.8. The fourth-order valence-electron chi connectivity index (χ4n) is 3.47. The number of benzene rings is 2. The number of hydrogen-bond acceptors (Lipinski definition) is 7. The smallest absolute Gasteiger partial charge is 0.269 e. The minimum Gasteiger partial charge on any atom is -0.297 e. The van der Waals surface area contributed by atoms with Crippen molar-refractivity contribution < 1.29 is 4.92 Å². The zero-order valence-corrected chi connectivity index (χ0v) is 19.1. The summed E-state index contributed by atoms with van der Waals surface area (Å²) in [7, 11) is 0. The van der Waals surface area contributed by atoms with Crippen LogP contribution in [-0.2, 0) is 18.4 Å². The summed E-state index contributed by atoms with van der Waals surface area (Å²) in [5.74, 6) is 0. The summed E-state index contributed by atoms with van der Waals surface area (Å²) in [4.78, 5) is 21.0. The van der Waals surface area contributed by atoms with Crippen LogP contribution in [0.4, 0.5) is 10.8 Å². The summed E-state index contributed by atoms with van der Waals surface area (Å²) in [6, 6.07) is 16.8. The molecule has 4 aromatic rings. The molecule has 2 N–H and O–H groups in total. The third-order valence-corrected chi connectivity index (χ3v) is 6.03. The molecule has 0 saturated heterocycles. The van der Waals surface area contributed by atoms with Crippen molar-refractivity contribution in [3.8, 4) is 0 Å². The Bertz CT molecular complexity index is 1250. The van der Waals surface area contributed by atoms with E-state index in [2.05, 4.69) is 48.7 Å². The normalized spacial score (nSPS) is 11.6. The molecular weight excluding hydrogens is 422 g/mol. The number of pyridine rings is 1. The van der Waals surface area contributed by atoms with Gasteiger partial charge >= 0.3 is 0 Å². The Morgan fingerprint density at radius 3 is 2.53 bits per heavy atom. The van der Waals surface area contributed by atoms with Crippen molar-refractivity contribution in [1.29, 1.82) is 0 Å². The van der Waals surface area contributed by atoms with E-state index in [9.17, 15) is 10.1 Å². The second-order valence-electron chi connectivity index (χ2n) is 8.66. The fraction of sp³-hybridized carbons (Fsp3) is 0.250. The van der Waals surface area contributed by atoms with Crippen LogP contribution >= 0.6 is 11.3 Å². The van der Waals surface area contributed by atoms with Crippen molar-refractivity contribution in [3.05, 3.63) is 92.6 Å². The first-order valence-electron chi connectivity index (χ1n) is 10.4. The maximum atomic E-state index is 10.8. The van der Waals surface area contributed by atoms with Gasteiger partial charge in [0.05, 0.1) is 16.1 Å². The van der Waals surface area contributed by atoms with E-state index in [1.54, 1.807) is 23.5 Å². The van der Waals surface area contributed by atoms with Crippen LogP contribution in [0, 0.1) is 10.1 Å². The number of rotatable bonds is 7. The molecular formula is C24H25N5O2S. The number of fused-ring (bicyclic) bond motifs is 1. The number of nitro benzene ring substituents is 1. The van der Waals surface area contributed by atoms with Gasteiger partial charge in [-0.25, -0.2) is 10.4 Å². The zero-order chi connectivity index (χ0) is 22.7. The van der Waals surface area contributed by atoms with E-state index in [1.807, 2.05) is 24.4 Å². The van der Waals surface area contributed by atoms with Gasteiger partial charge in [-0.05, 0) is 23.3 Å². The van der Waals surface area contributed by atoms with E-state index < -0.39 is 4.92 Å². The molecule has 32 heavy (non-hydrogen) atoms. The SMILES string of the molecule is CC(C)(C)c1nc(NNCc2ccc([N+](=O)[O-])cc2)sc1Cc1cnc2ccccc2c1. The van der Waals surface area contributed by atoms with Crippen molar-refractivity contribution >= 4 is 33.1 Å². The van der Waals surface area contributed by atoms with Gasteiger partial charge in [-0.1, -0.05) is 51.1 Å². The van der Waals surface area contributed by atoms with Crippen molar-refractivity contribution in [2.45, 2.75) is 39.2 Å². The molecule has 8 heteroatoms. The van der Waals surface area contributed by atoms with Crippen LogP contribution in [0.5, 0.6) is 0 Å². The lowest BCUT2D eigenvalue weighted by molar-refractivity contribution is -0.384. The van der Waals surface area contributed by atoms with Gasteiger partial charge < -0.3 is 0 Å². The van der Waals surface area contributed by atoms with E-state index in [0.29, 0.717) is 6.54 Å². The quantitative estimate of drug-likeness (QED) is 0.283. The average molecular weight is 448 g/mol. The van der Waals surface area contributed by atoms with Crippen LogP contribution in [0.15, 0.2) is 60.8 Å². The highest BCUT2D eigenvalue weighted by atomic mass is 32.1. The highest BCUT2D eigenvalue weighted by Gasteiger charge is 2.23. The number of thiazole rings is 1. The molecule has 164 valence electrons. The minimum atomic E-state index is -0.397. The first-order chi connectivity index (χ1) is 15.3. The van der Waals surface area contributed by atoms with Gasteiger partial charge in [0, 0.05) is 47.0 Å². The molecule has 0 fully saturated rings. The molecule has 7 nitrogen and oxygen atoms in total. The summed E-state index contributed by atoms with van der Waals surface area (Å²) in [5, 5.41) is 12.7. The second kappa shape index (κ2) is 9.02. The largest absolute Gasteiger partial charge is 0.297 e. The number of para-hydroxylation sites is 1. The molecule has 0 bridgehead atoms. The van der Waals surface area contributed by atoms with Gasteiger partial charge in [-0.2, -0.15) is 0 Å². The molecule has 2 heterocycles. The first kappa shape index (κ1) is 21.9. The molecule has 2 aromatic carbocycles. The Balaban J connectivity index is 1.48. The molecule has 0 atom stereocenters. The van der Waals surface area contributed by atoms with Gasteiger partial charge in [-0.3, -0.25) is 20.5 Å². The van der Waals surface area contributed by atoms with Crippen LogP contribution in [0.1, 0.15) is 42.5 Å². The summed E-state index contributed by atoms with van der Waals surface area (Å²) in [5.41, 5.74) is 10.5. The molecule has 0 aliphatic heterocycles. The lowest BCUT2D eigenvalue weighted by Crippen LogP contribution is -2.21. The van der Waals surface area contributed by atoms with Crippen molar-refractivity contribution in [2.75, 3.05) is 5.43 Å². The molecule has 0 saturated carbocycles. The molecule has 2 aromatic heterocycles. The molecule has 4 rings (SSSR count). The standard InChI is InChI=1S/C24H25N5O2S/c1-24(2,3)22-21(13-17-12-18-6-4-5-7-20(18)25-14-17)32-23(27-22)28-26-15-16-8-10-19(11-9-16)29(30)31/h4-12,14,26H,13,15H2,1-3H3,(H,27,28). The number of nitro groups is 1. The van der Waals surface area contributed by atoms with Crippen LogP contribution in [0.25, 0.3) is 10.9 Å². The Labute approximate surface area is 190 Å². The summed E-state index contributed by atoms with van der Waals surface area (Å²) < 4.78 is 0. The van der Waals surface area contributed by atoms with Crippen molar-refractivity contribution in [1.82, 2.24) is 15.4 Å². The Morgan fingerprint density at radius 2 is 1.81 bits per heavy atom. The maximum Gasteiger partial charge on any atom is 0.269 e. The van der Waals surface area contributed by atoms with E-state index in [0.717, 1.165) is 39.3 Å². The number of anilines is 1. The monoisotopic (exact) mass is 447 g/mol. The predicted octanol–water partition coefficient (Wildman–Crippen LogP) is 5.60. The summed E-state index contributed by atoms with van der Waals surface area (Å²) >= 11 is 1.63. The summed E-state index contributed by atoms with van der Waals surface area (Å²) in [6.07, 6.45) is 2.71.